The Morgan fingerprint density at radius 3 is 2.51 bits per heavy atom. The van der Waals surface area contributed by atoms with Crippen LogP contribution in [0.4, 0.5) is 13.2 Å². The lowest BCUT2D eigenvalue weighted by Crippen LogP contribution is -2.60. The number of aliphatic hydroxyl groups excluding tert-OH is 2. The zero-order valence-electron chi connectivity index (χ0n) is 37.0. The van der Waals surface area contributed by atoms with Crippen LogP contribution in [0.1, 0.15) is 34.7 Å². The number of β-amino-alcohol motifs (C(OH)–C–C–N with tert-alkyl or cyclic N) is 1. The predicted octanol–water partition coefficient (Wildman–Crippen LogP) is 5.00. The third kappa shape index (κ3) is 15.7. The van der Waals surface area contributed by atoms with Crippen molar-refractivity contribution in [2.45, 2.75) is 56.1 Å². The number of fused-ring (bicyclic) bond motifs is 1. The van der Waals surface area contributed by atoms with E-state index in [1.807, 2.05) is 52.7 Å². The summed E-state index contributed by atoms with van der Waals surface area (Å²) < 4.78 is 61.3. The van der Waals surface area contributed by atoms with Crippen LogP contribution >= 0.6 is 15.9 Å². The molecule has 0 saturated carbocycles. The van der Waals surface area contributed by atoms with E-state index >= 15 is 0 Å². The Bertz CT molecular complexity index is 2340. The van der Waals surface area contributed by atoms with Gasteiger partial charge in [0.15, 0.2) is 6.29 Å². The molecule has 1 saturated heterocycles. The SMILES string of the molecule is COC(CN=Cc1cncc(Br)c1)OC.O=C(N[C@H]1c2ccccc2OC[C@H]1O)[C@H](Cc1ccccc1)C[C@H](O)CN1CCN(Cc2cncc(-c3ncco3)c2)C[C@H]1C(=O)NCC(F)(F)F. The molecule has 358 valence electrons. The summed E-state index contributed by atoms with van der Waals surface area (Å²) in [6, 6.07) is 18.5. The maximum Gasteiger partial charge on any atom is 0.405 e. The van der Waals surface area contributed by atoms with Gasteiger partial charge in [0.2, 0.25) is 17.7 Å². The maximum atomic E-state index is 13.9. The minimum Gasteiger partial charge on any atom is -0.490 e. The van der Waals surface area contributed by atoms with Crippen LogP contribution in [0.15, 0.2) is 118 Å². The highest BCUT2D eigenvalue weighted by Crippen LogP contribution is 2.33. The number of aliphatic hydroxyl groups is 2. The third-order valence-electron chi connectivity index (χ3n) is 11.0. The van der Waals surface area contributed by atoms with E-state index in [9.17, 15) is 33.0 Å². The first-order valence-electron chi connectivity index (χ1n) is 21.5. The molecule has 5 heterocycles. The van der Waals surface area contributed by atoms with Gasteiger partial charge in [0.1, 0.15) is 37.3 Å². The zero-order valence-corrected chi connectivity index (χ0v) is 38.6. The molecular formula is C47H54BrF3N8O8. The molecule has 2 aliphatic rings. The molecule has 0 bridgehead atoms. The molecule has 3 aromatic heterocycles. The van der Waals surface area contributed by atoms with Crippen LogP contribution in [0.2, 0.25) is 0 Å². The van der Waals surface area contributed by atoms with E-state index in [1.165, 1.54) is 12.5 Å². The summed E-state index contributed by atoms with van der Waals surface area (Å²) in [5.74, 6) is -0.974. The summed E-state index contributed by atoms with van der Waals surface area (Å²) in [7, 11) is 3.18. The normalized spacial score (nSPS) is 18.6. The molecule has 0 aliphatic carbocycles. The van der Waals surface area contributed by atoms with E-state index in [0.29, 0.717) is 42.4 Å². The van der Waals surface area contributed by atoms with Gasteiger partial charge in [-0.1, -0.05) is 48.5 Å². The molecule has 0 unspecified atom stereocenters. The molecule has 67 heavy (non-hydrogen) atoms. The van der Waals surface area contributed by atoms with Crippen molar-refractivity contribution < 1.29 is 51.6 Å². The molecule has 16 nitrogen and oxygen atoms in total. The number of rotatable bonds is 18. The van der Waals surface area contributed by atoms with Gasteiger partial charge < -0.3 is 39.5 Å². The Morgan fingerprint density at radius 2 is 1.78 bits per heavy atom. The number of nitrogens with zero attached hydrogens (tertiary/aromatic N) is 6. The van der Waals surface area contributed by atoms with Gasteiger partial charge in [0, 0.05) is 99.5 Å². The lowest BCUT2D eigenvalue weighted by molar-refractivity contribution is -0.143. The van der Waals surface area contributed by atoms with Crippen molar-refractivity contribution in [3.8, 4) is 17.2 Å². The molecule has 2 aromatic carbocycles. The molecule has 5 atom stereocenters. The summed E-state index contributed by atoms with van der Waals surface area (Å²) in [6.07, 6.45) is 4.74. The number of amides is 2. The van der Waals surface area contributed by atoms with Crippen molar-refractivity contribution in [3.63, 3.8) is 0 Å². The lowest BCUT2D eigenvalue weighted by Gasteiger charge is -2.41. The number of benzene rings is 2. The quantitative estimate of drug-likeness (QED) is 0.0677. The number of methoxy groups -OCH3 is 2. The number of hydrogen-bond donors (Lipinski definition) is 4. The zero-order chi connectivity index (χ0) is 47.8. The number of oxazole rings is 1. The Hall–Kier alpha value is -5.61. The van der Waals surface area contributed by atoms with Crippen molar-refractivity contribution in [2.75, 3.05) is 60.1 Å². The van der Waals surface area contributed by atoms with E-state index < -0.39 is 48.8 Å². The molecule has 7 rings (SSSR count). The predicted molar refractivity (Wildman–Crippen MR) is 245 cm³/mol. The Morgan fingerprint density at radius 1 is 1.01 bits per heavy atom. The van der Waals surface area contributed by atoms with Crippen LogP contribution in [0, 0.1) is 5.92 Å². The van der Waals surface area contributed by atoms with Gasteiger partial charge in [0.25, 0.3) is 0 Å². The van der Waals surface area contributed by atoms with E-state index in [1.54, 1.807) is 74.4 Å². The third-order valence-corrected chi connectivity index (χ3v) is 11.4. The average molecular weight is 996 g/mol. The standard InChI is InChI=1S/C37H41F3N6O6.C10H13BrN2O2/c38-37(39,40)23-43-35(50)30-21-45(19-25-15-27(18-41-17-25)36-42-10-13-51-36)11-12-46(30)20-28(47)16-26(14-24-6-2-1-3-7-24)34(49)44-33-29-8-4-5-9-32(29)52-22-31(33)48;1-14-10(15-2)7-13-5-8-3-9(11)6-12-4-8/h1-10,13,15,17-18,26,28,30-31,33,47-48H,11-12,14,16,19-23H2,(H,43,50)(H,44,49);3-6,10H,7H2,1-2H3/t26-,28+,30+,31-,33+;/m1./s1. The number of aliphatic imine (C=N–C) groups is 1. The van der Waals surface area contributed by atoms with Crippen molar-refractivity contribution >= 4 is 34.0 Å². The molecule has 2 aliphatic heterocycles. The van der Waals surface area contributed by atoms with Crippen LogP contribution < -0.4 is 15.4 Å². The van der Waals surface area contributed by atoms with E-state index in [2.05, 4.69) is 41.2 Å². The summed E-state index contributed by atoms with van der Waals surface area (Å²) in [5.41, 5.74) is 3.90. The monoisotopic (exact) mass is 994 g/mol. The summed E-state index contributed by atoms with van der Waals surface area (Å²) in [6.45, 7) is 0.112. The highest BCUT2D eigenvalue weighted by atomic mass is 79.9. The maximum absolute atomic E-state index is 13.9. The Labute approximate surface area is 394 Å². The first-order valence-corrected chi connectivity index (χ1v) is 22.3. The largest absolute Gasteiger partial charge is 0.490 e. The van der Waals surface area contributed by atoms with Gasteiger partial charge >= 0.3 is 6.18 Å². The van der Waals surface area contributed by atoms with Gasteiger partial charge in [0.05, 0.1) is 30.5 Å². The Kier molecular flexibility index (Phi) is 18.9. The van der Waals surface area contributed by atoms with E-state index in [4.69, 9.17) is 18.6 Å². The fourth-order valence-electron chi connectivity index (χ4n) is 7.74. The van der Waals surface area contributed by atoms with Crippen molar-refractivity contribution in [1.82, 2.24) is 35.4 Å². The van der Waals surface area contributed by atoms with Gasteiger partial charge in [-0.2, -0.15) is 13.2 Å². The second-order valence-corrected chi connectivity index (χ2v) is 16.9. The summed E-state index contributed by atoms with van der Waals surface area (Å²) >= 11 is 3.34. The topological polar surface area (TPSA) is 197 Å². The Balaban J connectivity index is 0.000000421. The molecule has 4 N–H and O–H groups in total. The summed E-state index contributed by atoms with van der Waals surface area (Å²) in [5, 5.41) is 27.2. The first kappa shape index (κ1) is 50.8. The highest BCUT2D eigenvalue weighted by Gasteiger charge is 2.38. The van der Waals surface area contributed by atoms with Gasteiger partial charge in [-0.15, -0.1) is 0 Å². The minimum absolute atomic E-state index is 0.000835. The fourth-order valence-corrected chi connectivity index (χ4v) is 8.13. The van der Waals surface area contributed by atoms with Gasteiger partial charge in [-0.05, 0) is 58.1 Å². The number of ether oxygens (including phenoxy) is 3. The number of para-hydroxylation sites is 1. The van der Waals surface area contributed by atoms with Crippen LogP contribution in [0.3, 0.4) is 0 Å². The lowest BCUT2D eigenvalue weighted by atomic mass is 9.90. The number of carbonyl (C=O) groups is 2. The molecule has 5 aromatic rings. The molecule has 1 fully saturated rings. The molecular weight excluding hydrogens is 941 g/mol. The number of piperazine rings is 1. The highest BCUT2D eigenvalue weighted by molar-refractivity contribution is 9.10. The van der Waals surface area contributed by atoms with Crippen molar-refractivity contribution in [1.29, 1.82) is 0 Å². The second-order valence-electron chi connectivity index (χ2n) is 16.0. The van der Waals surface area contributed by atoms with Crippen LogP contribution in [0.25, 0.3) is 11.5 Å². The average Bonchev–Trinajstić information content (AvgIpc) is 3.87. The molecule has 0 radical (unpaired) electrons. The number of hydrogen-bond acceptors (Lipinski definition) is 14. The summed E-state index contributed by atoms with van der Waals surface area (Å²) in [4.78, 5) is 47.4. The van der Waals surface area contributed by atoms with Crippen LogP contribution in [0.5, 0.6) is 5.75 Å². The number of aromatic nitrogens is 3. The minimum atomic E-state index is -4.60. The van der Waals surface area contributed by atoms with Gasteiger partial charge in [-0.3, -0.25) is 34.3 Å². The van der Waals surface area contributed by atoms with Crippen LogP contribution in [-0.4, -0.2) is 144 Å². The van der Waals surface area contributed by atoms with Gasteiger partial charge in [-0.25, -0.2) is 4.98 Å². The number of halogens is 4. The number of alkyl halides is 3. The molecule has 0 spiro atoms. The molecule has 2 amide bonds. The molecule has 20 heteroatoms. The van der Waals surface area contributed by atoms with Crippen molar-refractivity contribution in [3.05, 3.63) is 131 Å². The number of pyridine rings is 2. The number of nitrogens with one attached hydrogen (secondary N) is 2. The van der Waals surface area contributed by atoms with E-state index in [0.717, 1.165) is 21.2 Å². The first-order chi connectivity index (χ1) is 32.3. The second kappa shape index (κ2) is 25.0. The smallest absolute Gasteiger partial charge is 0.405 e. The van der Waals surface area contributed by atoms with E-state index in [-0.39, 0.29) is 51.3 Å². The number of carbonyl (C=O) groups excluding carboxylic acids is 2. The van der Waals surface area contributed by atoms with Crippen LogP contribution in [-0.2, 0) is 32.0 Å². The van der Waals surface area contributed by atoms with Crippen molar-refractivity contribution in [2.24, 2.45) is 10.9 Å². The fraction of sp³-hybridized carbons (Fsp3) is 0.404.